The van der Waals surface area contributed by atoms with Crippen LogP contribution in [0.1, 0.15) is 54.4 Å². The van der Waals surface area contributed by atoms with E-state index in [1.54, 1.807) is 11.3 Å². The van der Waals surface area contributed by atoms with Crippen molar-refractivity contribution in [1.29, 1.82) is 0 Å². The van der Waals surface area contributed by atoms with Gasteiger partial charge in [-0.25, -0.2) is 4.98 Å². The molecule has 0 N–H and O–H groups in total. The van der Waals surface area contributed by atoms with E-state index in [1.165, 1.54) is 24.0 Å². The van der Waals surface area contributed by atoms with Gasteiger partial charge in [0.2, 0.25) is 5.91 Å². The van der Waals surface area contributed by atoms with Crippen molar-refractivity contribution < 1.29 is 9.53 Å². The Morgan fingerprint density at radius 1 is 1.31 bits per heavy atom. The quantitative estimate of drug-likeness (QED) is 0.696. The van der Waals surface area contributed by atoms with Gasteiger partial charge in [0, 0.05) is 17.8 Å². The molecule has 0 unspecified atom stereocenters. The summed E-state index contributed by atoms with van der Waals surface area (Å²) in [6.45, 7) is 8.02. The Labute approximate surface area is 160 Å². The van der Waals surface area contributed by atoms with Gasteiger partial charge in [0.05, 0.1) is 12.2 Å². The normalized spacial score (nSPS) is 14.6. The number of amides is 1. The molecule has 1 aliphatic rings. The van der Waals surface area contributed by atoms with Crippen LogP contribution in [0.15, 0.2) is 23.6 Å². The lowest BCUT2D eigenvalue weighted by atomic mass is 10.1. The van der Waals surface area contributed by atoms with Crippen molar-refractivity contribution in [2.75, 3.05) is 6.54 Å². The van der Waals surface area contributed by atoms with Crippen LogP contribution in [-0.4, -0.2) is 22.3 Å². The van der Waals surface area contributed by atoms with E-state index in [0.717, 1.165) is 35.8 Å². The minimum absolute atomic E-state index is 0.223. The van der Waals surface area contributed by atoms with Crippen LogP contribution in [-0.2, 0) is 17.9 Å². The molecule has 0 spiro atoms. The average Bonchev–Trinajstić information content (AvgIpc) is 3.32. The van der Waals surface area contributed by atoms with E-state index in [9.17, 15) is 4.79 Å². The highest BCUT2D eigenvalue weighted by atomic mass is 32.1. The number of rotatable bonds is 7. The second-order valence-electron chi connectivity index (χ2n) is 7.05. The summed E-state index contributed by atoms with van der Waals surface area (Å²) in [6.07, 6.45) is 4.46. The Balaban J connectivity index is 1.58. The van der Waals surface area contributed by atoms with Gasteiger partial charge in [0.1, 0.15) is 17.4 Å². The Bertz CT molecular complexity index is 750. The molecule has 1 amide bonds. The molecule has 0 radical (unpaired) electrons. The fourth-order valence-electron chi connectivity index (χ4n) is 3.48. The maximum atomic E-state index is 12.6. The van der Waals surface area contributed by atoms with Crippen LogP contribution in [0.4, 0.5) is 0 Å². The molecule has 1 aromatic heterocycles. The van der Waals surface area contributed by atoms with Gasteiger partial charge in [-0.15, -0.1) is 11.3 Å². The van der Waals surface area contributed by atoms with Crippen LogP contribution >= 0.6 is 11.3 Å². The number of benzene rings is 1. The summed E-state index contributed by atoms with van der Waals surface area (Å²) in [6, 6.07) is 6.10. The standard InChI is InChI=1S/C21H28N2O2S/c1-4-23(21(24)17-9-5-6-10-17)12-18-14-26-20(22-18)13-25-19-11-7-8-15(2)16(19)3/h7-8,11,14,17H,4-6,9-10,12-13H2,1-3H3. The number of aromatic nitrogens is 1. The van der Waals surface area contributed by atoms with Gasteiger partial charge in [0.25, 0.3) is 0 Å². The molecule has 2 aromatic rings. The largest absolute Gasteiger partial charge is 0.486 e. The lowest BCUT2D eigenvalue weighted by Crippen LogP contribution is -2.34. The second kappa shape index (κ2) is 8.67. The molecule has 1 aromatic carbocycles. The lowest BCUT2D eigenvalue weighted by molar-refractivity contribution is -0.135. The molecule has 140 valence electrons. The Morgan fingerprint density at radius 2 is 2.08 bits per heavy atom. The van der Waals surface area contributed by atoms with Gasteiger partial charge < -0.3 is 9.64 Å². The van der Waals surface area contributed by atoms with E-state index < -0.39 is 0 Å². The molecule has 3 rings (SSSR count). The Morgan fingerprint density at radius 3 is 2.81 bits per heavy atom. The van der Waals surface area contributed by atoms with Gasteiger partial charge in [0.15, 0.2) is 0 Å². The zero-order valence-corrected chi connectivity index (χ0v) is 16.8. The molecule has 1 saturated carbocycles. The highest BCUT2D eigenvalue weighted by Crippen LogP contribution is 2.27. The molecule has 26 heavy (non-hydrogen) atoms. The van der Waals surface area contributed by atoms with Crippen LogP contribution in [0.2, 0.25) is 0 Å². The maximum absolute atomic E-state index is 12.6. The smallest absolute Gasteiger partial charge is 0.226 e. The number of nitrogens with zero attached hydrogens (tertiary/aromatic N) is 2. The summed E-state index contributed by atoms with van der Waals surface area (Å²) in [4.78, 5) is 19.3. The van der Waals surface area contributed by atoms with Crippen molar-refractivity contribution >= 4 is 17.2 Å². The number of carbonyl (C=O) groups excluding carboxylic acids is 1. The molecule has 5 heteroatoms. The summed E-state index contributed by atoms with van der Waals surface area (Å²) >= 11 is 1.60. The summed E-state index contributed by atoms with van der Waals surface area (Å²) in [5, 5.41) is 3.00. The predicted molar refractivity (Wildman–Crippen MR) is 105 cm³/mol. The predicted octanol–water partition coefficient (Wildman–Crippen LogP) is 4.88. The van der Waals surface area contributed by atoms with E-state index in [1.807, 2.05) is 29.3 Å². The Kier molecular flexibility index (Phi) is 6.30. The first-order chi connectivity index (χ1) is 12.6. The van der Waals surface area contributed by atoms with Gasteiger partial charge in [-0.05, 0) is 50.8 Å². The van der Waals surface area contributed by atoms with Gasteiger partial charge in [-0.3, -0.25) is 4.79 Å². The summed E-state index contributed by atoms with van der Waals surface area (Å²) < 4.78 is 5.94. The molecule has 0 aliphatic heterocycles. The van der Waals surface area contributed by atoms with Crippen molar-refractivity contribution in [2.24, 2.45) is 5.92 Å². The highest BCUT2D eigenvalue weighted by molar-refractivity contribution is 7.09. The molecule has 0 bridgehead atoms. The zero-order chi connectivity index (χ0) is 18.5. The van der Waals surface area contributed by atoms with Gasteiger partial charge in [-0.1, -0.05) is 25.0 Å². The number of carbonyl (C=O) groups is 1. The average molecular weight is 373 g/mol. The second-order valence-corrected chi connectivity index (χ2v) is 8.00. The van der Waals surface area contributed by atoms with Crippen molar-refractivity contribution in [2.45, 2.75) is 59.6 Å². The summed E-state index contributed by atoms with van der Waals surface area (Å²) in [5.41, 5.74) is 3.36. The minimum Gasteiger partial charge on any atom is -0.486 e. The van der Waals surface area contributed by atoms with Gasteiger partial charge >= 0.3 is 0 Å². The molecule has 1 fully saturated rings. The summed E-state index contributed by atoms with van der Waals surface area (Å²) in [7, 11) is 0. The van der Waals surface area contributed by atoms with Crippen LogP contribution in [0, 0.1) is 19.8 Å². The first-order valence-corrected chi connectivity index (χ1v) is 10.4. The third kappa shape index (κ3) is 4.44. The van der Waals surface area contributed by atoms with E-state index >= 15 is 0 Å². The number of aryl methyl sites for hydroxylation is 1. The van der Waals surface area contributed by atoms with E-state index in [4.69, 9.17) is 4.74 Å². The third-order valence-corrected chi connectivity index (χ3v) is 6.13. The van der Waals surface area contributed by atoms with E-state index in [2.05, 4.69) is 24.9 Å². The lowest BCUT2D eigenvalue weighted by Gasteiger charge is -2.23. The molecule has 0 atom stereocenters. The van der Waals surface area contributed by atoms with Crippen molar-refractivity contribution in [3.05, 3.63) is 45.4 Å². The number of hydrogen-bond acceptors (Lipinski definition) is 4. The van der Waals surface area contributed by atoms with Gasteiger partial charge in [-0.2, -0.15) is 0 Å². The molecular formula is C21H28N2O2S. The molecule has 1 aliphatic carbocycles. The fraction of sp³-hybridized carbons (Fsp3) is 0.524. The van der Waals surface area contributed by atoms with Crippen LogP contribution in [0.25, 0.3) is 0 Å². The van der Waals surface area contributed by atoms with Crippen molar-refractivity contribution in [3.63, 3.8) is 0 Å². The number of hydrogen-bond donors (Lipinski definition) is 0. The SMILES string of the molecule is CCN(Cc1csc(COc2cccc(C)c2C)n1)C(=O)C1CCCC1. The maximum Gasteiger partial charge on any atom is 0.226 e. The van der Waals surface area contributed by atoms with Crippen LogP contribution < -0.4 is 4.74 Å². The summed E-state index contributed by atoms with van der Waals surface area (Å²) in [5.74, 6) is 1.43. The highest BCUT2D eigenvalue weighted by Gasteiger charge is 2.26. The number of ether oxygens (including phenoxy) is 1. The van der Waals surface area contributed by atoms with Crippen molar-refractivity contribution in [3.8, 4) is 5.75 Å². The van der Waals surface area contributed by atoms with E-state index in [-0.39, 0.29) is 5.92 Å². The fourth-order valence-corrected chi connectivity index (χ4v) is 4.18. The molecule has 1 heterocycles. The van der Waals surface area contributed by atoms with Crippen LogP contribution in [0.5, 0.6) is 5.75 Å². The molecular weight excluding hydrogens is 344 g/mol. The van der Waals surface area contributed by atoms with E-state index in [0.29, 0.717) is 19.1 Å². The first kappa shape index (κ1) is 18.9. The van der Waals surface area contributed by atoms with Crippen molar-refractivity contribution in [1.82, 2.24) is 9.88 Å². The molecule has 4 nitrogen and oxygen atoms in total. The number of thiazole rings is 1. The van der Waals surface area contributed by atoms with Crippen LogP contribution in [0.3, 0.4) is 0 Å². The zero-order valence-electron chi connectivity index (χ0n) is 16.0. The topological polar surface area (TPSA) is 42.4 Å². The first-order valence-electron chi connectivity index (χ1n) is 9.49. The Hall–Kier alpha value is -1.88. The molecule has 0 saturated heterocycles. The monoisotopic (exact) mass is 372 g/mol. The minimum atomic E-state index is 0.223. The third-order valence-electron chi connectivity index (χ3n) is 5.26.